The van der Waals surface area contributed by atoms with E-state index >= 15 is 0 Å². The van der Waals surface area contributed by atoms with Gasteiger partial charge in [-0.1, -0.05) is 42.1 Å². The standard InChI is InChI=1S/C26H28N4O4S/c1-3-14-29-25(23-16-33-21-6-4-5-7-22(21)34-23)27-28-26(29)35-17-24(31)30(19-10-11-19)15-18-8-12-20(32-2)13-9-18/h3-9,12-13,19,23H,1,10-11,14-17H2,2H3/t23-/m1/s1. The summed E-state index contributed by atoms with van der Waals surface area (Å²) >= 11 is 1.39. The van der Waals surface area contributed by atoms with Gasteiger partial charge in [0.05, 0.1) is 12.9 Å². The van der Waals surface area contributed by atoms with Gasteiger partial charge in [-0.2, -0.15) is 0 Å². The fourth-order valence-electron chi connectivity index (χ4n) is 4.04. The Morgan fingerprint density at radius 3 is 2.69 bits per heavy atom. The molecule has 0 unspecified atom stereocenters. The lowest BCUT2D eigenvalue weighted by Gasteiger charge is -2.26. The number of aromatic nitrogens is 3. The van der Waals surface area contributed by atoms with Crippen LogP contribution >= 0.6 is 11.8 Å². The van der Waals surface area contributed by atoms with E-state index in [2.05, 4.69) is 16.8 Å². The number of methoxy groups -OCH3 is 1. The molecule has 5 rings (SSSR count). The highest BCUT2D eigenvalue weighted by Gasteiger charge is 2.33. The molecule has 2 heterocycles. The van der Waals surface area contributed by atoms with Crippen LogP contribution in [0, 0.1) is 0 Å². The highest BCUT2D eigenvalue weighted by molar-refractivity contribution is 7.99. The molecule has 35 heavy (non-hydrogen) atoms. The molecule has 9 heteroatoms. The van der Waals surface area contributed by atoms with Gasteiger partial charge < -0.3 is 19.1 Å². The smallest absolute Gasteiger partial charge is 0.233 e. The van der Waals surface area contributed by atoms with E-state index in [0.29, 0.717) is 42.5 Å². The summed E-state index contributed by atoms with van der Waals surface area (Å²) < 4.78 is 19.2. The number of hydrogen-bond donors (Lipinski definition) is 0. The third-order valence-electron chi connectivity index (χ3n) is 6.00. The van der Waals surface area contributed by atoms with Crippen LogP contribution in [0.2, 0.25) is 0 Å². The molecule has 1 aliphatic carbocycles. The van der Waals surface area contributed by atoms with Crippen LogP contribution in [-0.4, -0.2) is 51.1 Å². The molecule has 182 valence electrons. The number of ether oxygens (including phenoxy) is 3. The summed E-state index contributed by atoms with van der Waals surface area (Å²) in [5.41, 5.74) is 1.09. The van der Waals surface area contributed by atoms with E-state index in [1.165, 1.54) is 11.8 Å². The van der Waals surface area contributed by atoms with Crippen molar-refractivity contribution in [3.8, 4) is 17.2 Å². The fourth-order valence-corrected chi connectivity index (χ4v) is 4.88. The minimum atomic E-state index is -0.388. The predicted molar refractivity (Wildman–Crippen MR) is 133 cm³/mol. The van der Waals surface area contributed by atoms with Crippen molar-refractivity contribution in [2.75, 3.05) is 19.5 Å². The Labute approximate surface area is 208 Å². The first-order chi connectivity index (χ1) is 17.2. The van der Waals surface area contributed by atoms with Gasteiger partial charge in [0.15, 0.2) is 28.6 Å². The Hall–Kier alpha value is -3.46. The van der Waals surface area contributed by atoms with Gasteiger partial charge in [-0.15, -0.1) is 16.8 Å². The Balaban J connectivity index is 1.26. The summed E-state index contributed by atoms with van der Waals surface area (Å²) in [7, 11) is 1.65. The first kappa shape index (κ1) is 23.3. The van der Waals surface area contributed by atoms with Gasteiger partial charge in [0.25, 0.3) is 0 Å². The Morgan fingerprint density at radius 1 is 1.20 bits per heavy atom. The predicted octanol–water partition coefficient (Wildman–Crippen LogP) is 4.27. The largest absolute Gasteiger partial charge is 0.497 e. The van der Waals surface area contributed by atoms with Crippen LogP contribution in [0.3, 0.4) is 0 Å². The summed E-state index contributed by atoms with van der Waals surface area (Å²) in [5, 5.41) is 9.42. The van der Waals surface area contributed by atoms with Gasteiger partial charge in [0, 0.05) is 19.1 Å². The molecule has 1 aromatic heterocycles. The van der Waals surface area contributed by atoms with Crippen LogP contribution < -0.4 is 14.2 Å². The van der Waals surface area contributed by atoms with Gasteiger partial charge in [-0.25, -0.2) is 0 Å². The zero-order chi connectivity index (χ0) is 24.2. The summed E-state index contributed by atoms with van der Waals surface area (Å²) in [5.74, 6) is 3.24. The maximum atomic E-state index is 13.2. The van der Waals surface area contributed by atoms with Crippen LogP contribution in [0.5, 0.6) is 17.2 Å². The molecule has 0 spiro atoms. The summed E-state index contributed by atoms with van der Waals surface area (Å²) in [6.07, 6.45) is 3.49. The number of rotatable bonds is 10. The highest BCUT2D eigenvalue weighted by atomic mass is 32.2. The molecule has 1 saturated carbocycles. The van der Waals surface area contributed by atoms with Crippen LogP contribution in [0.4, 0.5) is 0 Å². The molecule has 3 aromatic rings. The number of hydrogen-bond acceptors (Lipinski definition) is 7. The summed E-state index contributed by atoms with van der Waals surface area (Å²) in [6.45, 7) is 5.31. The van der Waals surface area contributed by atoms with E-state index in [9.17, 15) is 4.79 Å². The van der Waals surface area contributed by atoms with E-state index in [4.69, 9.17) is 14.2 Å². The van der Waals surface area contributed by atoms with Gasteiger partial charge in [0.2, 0.25) is 5.91 Å². The van der Waals surface area contributed by atoms with Crippen molar-refractivity contribution in [3.63, 3.8) is 0 Å². The number of allylic oxidation sites excluding steroid dienone is 1. The monoisotopic (exact) mass is 492 g/mol. The van der Waals surface area contributed by atoms with Crippen molar-refractivity contribution in [1.29, 1.82) is 0 Å². The molecule has 2 aromatic carbocycles. The first-order valence-electron chi connectivity index (χ1n) is 11.6. The van der Waals surface area contributed by atoms with E-state index in [1.807, 2.05) is 58.0 Å². The van der Waals surface area contributed by atoms with Crippen LogP contribution in [0.1, 0.15) is 30.3 Å². The number of carbonyl (C=O) groups is 1. The van der Waals surface area contributed by atoms with E-state index in [0.717, 1.165) is 29.9 Å². The zero-order valence-corrected chi connectivity index (χ0v) is 20.4. The average Bonchev–Trinajstić information content (AvgIpc) is 3.66. The first-order valence-corrected chi connectivity index (χ1v) is 12.6. The molecule has 0 bridgehead atoms. The molecule has 2 aliphatic rings. The molecule has 8 nitrogen and oxygen atoms in total. The van der Waals surface area contributed by atoms with Crippen molar-refractivity contribution in [1.82, 2.24) is 19.7 Å². The summed E-state index contributed by atoms with van der Waals surface area (Å²) in [6, 6.07) is 15.7. The van der Waals surface area contributed by atoms with Crippen molar-refractivity contribution < 1.29 is 19.0 Å². The van der Waals surface area contributed by atoms with E-state index < -0.39 is 0 Å². The molecule has 0 saturated heterocycles. The highest BCUT2D eigenvalue weighted by Crippen LogP contribution is 2.36. The quantitative estimate of drug-likeness (QED) is 0.309. The number of para-hydroxylation sites is 2. The summed E-state index contributed by atoms with van der Waals surface area (Å²) in [4.78, 5) is 15.2. The molecule has 1 atom stereocenters. The third-order valence-corrected chi connectivity index (χ3v) is 6.95. The SMILES string of the molecule is C=CCn1c(SCC(=O)N(Cc2ccc(OC)cc2)C2CC2)nnc1[C@H]1COc2ccccc2O1. The van der Waals surface area contributed by atoms with Gasteiger partial charge in [-0.3, -0.25) is 9.36 Å². The molecule has 1 amide bonds. The minimum absolute atomic E-state index is 0.0919. The van der Waals surface area contributed by atoms with Crippen molar-refractivity contribution in [2.45, 2.75) is 43.2 Å². The Kier molecular flexibility index (Phi) is 6.94. The molecule has 1 fully saturated rings. The van der Waals surface area contributed by atoms with Gasteiger partial charge in [-0.05, 0) is 42.7 Å². The van der Waals surface area contributed by atoms with Crippen LogP contribution in [-0.2, 0) is 17.9 Å². The lowest BCUT2D eigenvalue weighted by atomic mass is 10.2. The molecular formula is C26H28N4O4S. The fraction of sp³-hybridized carbons (Fsp3) is 0.346. The molecule has 0 N–H and O–H groups in total. The molecule has 0 radical (unpaired) electrons. The lowest BCUT2D eigenvalue weighted by molar-refractivity contribution is -0.129. The number of fused-ring (bicyclic) bond motifs is 1. The minimum Gasteiger partial charge on any atom is -0.497 e. The Bertz CT molecular complexity index is 1190. The van der Waals surface area contributed by atoms with Crippen LogP contribution in [0.25, 0.3) is 0 Å². The average molecular weight is 493 g/mol. The van der Waals surface area contributed by atoms with Gasteiger partial charge in [0.1, 0.15) is 12.4 Å². The van der Waals surface area contributed by atoms with E-state index in [-0.39, 0.29) is 17.8 Å². The molecular weight excluding hydrogens is 464 g/mol. The second-order valence-electron chi connectivity index (χ2n) is 8.49. The van der Waals surface area contributed by atoms with Crippen LogP contribution in [0.15, 0.2) is 66.3 Å². The van der Waals surface area contributed by atoms with E-state index in [1.54, 1.807) is 13.2 Å². The van der Waals surface area contributed by atoms with Crippen molar-refractivity contribution >= 4 is 17.7 Å². The number of carbonyl (C=O) groups excluding carboxylic acids is 1. The number of amides is 1. The number of nitrogens with zero attached hydrogens (tertiary/aromatic N) is 4. The number of benzene rings is 2. The Morgan fingerprint density at radius 2 is 1.97 bits per heavy atom. The number of thioether (sulfide) groups is 1. The molecule has 1 aliphatic heterocycles. The van der Waals surface area contributed by atoms with Crippen molar-refractivity contribution in [3.05, 3.63) is 72.6 Å². The maximum Gasteiger partial charge on any atom is 0.233 e. The zero-order valence-electron chi connectivity index (χ0n) is 19.6. The van der Waals surface area contributed by atoms with Gasteiger partial charge >= 0.3 is 0 Å². The second-order valence-corrected chi connectivity index (χ2v) is 9.44. The normalized spacial score (nSPS) is 16.5. The maximum absolute atomic E-state index is 13.2. The van der Waals surface area contributed by atoms with Crippen molar-refractivity contribution in [2.24, 2.45) is 0 Å². The second kappa shape index (κ2) is 10.4. The topological polar surface area (TPSA) is 78.7 Å². The lowest BCUT2D eigenvalue weighted by Crippen LogP contribution is -2.34. The third kappa shape index (κ3) is 5.30.